The first-order chi connectivity index (χ1) is 6.38. The van der Waals surface area contributed by atoms with Gasteiger partial charge < -0.3 is 10.5 Å². The lowest BCUT2D eigenvalue weighted by atomic mass is 10.2. The standard InChI is InChI=1S/C10H12N2O/c1-2-7-11-10-6-4-3-5-9(10)8-12-13/h2-6,8,11,13H,1,7H2. The summed E-state index contributed by atoms with van der Waals surface area (Å²) in [5, 5.41) is 14.5. The average molecular weight is 176 g/mol. The number of hydrogen-bond donors (Lipinski definition) is 2. The highest BCUT2D eigenvalue weighted by atomic mass is 16.4. The number of rotatable bonds is 4. The van der Waals surface area contributed by atoms with Crippen LogP contribution in [0.1, 0.15) is 5.56 Å². The van der Waals surface area contributed by atoms with Crippen molar-refractivity contribution in [2.75, 3.05) is 11.9 Å². The summed E-state index contributed by atoms with van der Waals surface area (Å²) in [6.45, 7) is 4.30. The summed E-state index contributed by atoms with van der Waals surface area (Å²) in [4.78, 5) is 0. The molecule has 0 amide bonds. The van der Waals surface area contributed by atoms with E-state index in [1.165, 1.54) is 6.21 Å². The Morgan fingerprint density at radius 3 is 2.92 bits per heavy atom. The van der Waals surface area contributed by atoms with Crippen LogP contribution in [0.15, 0.2) is 42.1 Å². The van der Waals surface area contributed by atoms with Crippen LogP contribution in [0.25, 0.3) is 0 Å². The lowest BCUT2D eigenvalue weighted by Gasteiger charge is -2.05. The minimum atomic E-state index is 0.691. The van der Waals surface area contributed by atoms with Gasteiger partial charge in [-0.3, -0.25) is 0 Å². The number of hydrogen-bond acceptors (Lipinski definition) is 3. The second-order valence-corrected chi connectivity index (χ2v) is 2.50. The third kappa shape index (κ3) is 2.63. The van der Waals surface area contributed by atoms with Gasteiger partial charge in [0, 0.05) is 17.8 Å². The molecule has 13 heavy (non-hydrogen) atoms. The predicted octanol–water partition coefficient (Wildman–Crippen LogP) is 2.09. The number of nitrogens with zero attached hydrogens (tertiary/aromatic N) is 1. The molecule has 0 saturated heterocycles. The van der Waals surface area contributed by atoms with Gasteiger partial charge in [-0.25, -0.2) is 0 Å². The van der Waals surface area contributed by atoms with Crippen molar-refractivity contribution in [3.63, 3.8) is 0 Å². The molecule has 1 rings (SSSR count). The van der Waals surface area contributed by atoms with Crippen LogP contribution >= 0.6 is 0 Å². The van der Waals surface area contributed by atoms with Crippen molar-refractivity contribution in [3.05, 3.63) is 42.5 Å². The molecule has 0 saturated carbocycles. The summed E-state index contributed by atoms with van der Waals surface area (Å²) in [5.41, 5.74) is 1.78. The van der Waals surface area contributed by atoms with E-state index in [0.29, 0.717) is 6.54 Å². The fourth-order valence-corrected chi connectivity index (χ4v) is 1.01. The Morgan fingerprint density at radius 2 is 2.23 bits per heavy atom. The Hall–Kier alpha value is -1.77. The van der Waals surface area contributed by atoms with Gasteiger partial charge in [0.25, 0.3) is 0 Å². The molecule has 0 aliphatic carbocycles. The molecule has 2 N–H and O–H groups in total. The van der Waals surface area contributed by atoms with Gasteiger partial charge >= 0.3 is 0 Å². The van der Waals surface area contributed by atoms with E-state index in [-0.39, 0.29) is 0 Å². The molecule has 68 valence electrons. The van der Waals surface area contributed by atoms with Crippen LogP contribution in [0.3, 0.4) is 0 Å². The highest BCUT2D eigenvalue weighted by Crippen LogP contribution is 2.11. The van der Waals surface area contributed by atoms with E-state index < -0.39 is 0 Å². The summed E-state index contributed by atoms with van der Waals surface area (Å²) in [6, 6.07) is 7.59. The van der Waals surface area contributed by atoms with E-state index in [9.17, 15) is 0 Å². The van der Waals surface area contributed by atoms with Gasteiger partial charge in [-0.2, -0.15) is 0 Å². The number of oxime groups is 1. The van der Waals surface area contributed by atoms with Crippen molar-refractivity contribution in [3.8, 4) is 0 Å². The van der Waals surface area contributed by atoms with E-state index in [4.69, 9.17) is 5.21 Å². The van der Waals surface area contributed by atoms with E-state index >= 15 is 0 Å². The summed E-state index contributed by atoms with van der Waals surface area (Å²) in [7, 11) is 0. The zero-order valence-corrected chi connectivity index (χ0v) is 7.27. The maximum Gasteiger partial charge on any atom is 0.0754 e. The smallest absolute Gasteiger partial charge is 0.0754 e. The topological polar surface area (TPSA) is 44.6 Å². The van der Waals surface area contributed by atoms with Crippen LogP contribution < -0.4 is 5.32 Å². The molecule has 0 aliphatic heterocycles. The third-order valence-electron chi connectivity index (χ3n) is 1.59. The molecule has 3 nitrogen and oxygen atoms in total. The maximum absolute atomic E-state index is 8.39. The molecule has 0 fully saturated rings. The lowest BCUT2D eigenvalue weighted by molar-refractivity contribution is 0.322. The second-order valence-electron chi connectivity index (χ2n) is 2.50. The van der Waals surface area contributed by atoms with E-state index in [2.05, 4.69) is 17.1 Å². The van der Waals surface area contributed by atoms with Gasteiger partial charge in [0.15, 0.2) is 0 Å². The third-order valence-corrected chi connectivity index (χ3v) is 1.59. The molecule has 0 aliphatic rings. The summed E-state index contributed by atoms with van der Waals surface area (Å²) >= 11 is 0. The van der Waals surface area contributed by atoms with E-state index in [1.807, 2.05) is 24.3 Å². The second kappa shape index (κ2) is 4.98. The first-order valence-electron chi connectivity index (χ1n) is 3.99. The molecule has 0 radical (unpaired) electrons. The molecular weight excluding hydrogens is 164 g/mol. The Morgan fingerprint density at radius 1 is 1.46 bits per heavy atom. The van der Waals surface area contributed by atoms with Crippen LogP contribution in [0.4, 0.5) is 5.69 Å². The van der Waals surface area contributed by atoms with Gasteiger partial charge in [0.2, 0.25) is 0 Å². The van der Waals surface area contributed by atoms with Gasteiger partial charge in [-0.05, 0) is 6.07 Å². The van der Waals surface area contributed by atoms with Crippen LogP contribution in [0.2, 0.25) is 0 Å². The molecule has 0 aromatic heterocycles. The van der Waals surface area contributed by atoms with Crippen molar-refractivity contribution >= 4 is 11.9 Å². The van der Waals surface area contributed by atoms with E-state index in [0.717, 1.165) is 11.3 Å². The van der Waals surface area contributed by atoms with Gasteiger partial charge in [-0.1, -0.05) is 29.4 Å². The molecule has 1 aromatic carbocycles. The van der Waals surface area contributed by atoms with Gasteiger partial charge in [0.05, 0.1) is 6.21 Å². The fourth-order valence-electron chi connectivity index (χ4n) is 1.01. The SMILES string of the molecule is C=CCNc1ccccc1C=NO. The Labute approximate surface area is 77.4 Å². The monoisotopic (exact) mass is 176 g/mol. The molecule has 0 spiro atoms. The van der Waals surface area contributed by atoms with Crippen molar-refractivity contribution < 1.29 is 5.21 Å². The Bertz CT molecular complexity index is 308. The van der Waals surface area contributed by atoms with Crippen molar-refractivity contribution in [1.82, 2.24) is 0 Å². The molecule has 0 heterocycles. The number of nitrogens with one attached hydrogen (secondary N) is 1. The van der Waals surface area contributed by atoms with Crippen LogP contribution in [0, 0.1) is 0 Å². The zero-order valence-electron chi connectivity index (χ0n) is 7.27. The predicted molar refractivity (Wildman–Crippen MR) is 54.5 cm³/mol. The molecular formula is C10H12N2O. The quantitative estimate of drug-likeness (QED) is 0.319. The molecule has 0 unspecified atom stereocenters. The Balaban J connectivity index is 2.83. The van der Waals surface area contributed by atoms with Crippen molar-refractivity contribution in [2.45, 2.75) is 0 Å². The summed E-state index contributed by atoms with van der Waals surface area (Å²) < 4.78 is 0. The van der Waals surface area contributed by atoms with Gasteiger partial charge in [0.1, 0.15) is 0 Å². The number of para-hydroxylation sites is 1. The maximum atomic E-state index is 8.39. The van der Waals surface area contributed by atoms with Crippen molar-refractivity contribution in [2.24, 2.45) is 5.16 Å². The van der Waals surface area contributed by atoms with Crippen molar-refractivity contribution in [1.29, 1.82) is 0 Å². The minimum Gasteiger partial charge on any atom is -0.411 e. The lowest BCUT2D eigenvalue weighted by Crippen LogP contribution is -2.00. The Kier molecular flexibility index (Phi) is 3.57. The molecule has 1 aromatic rings. The van der Waals surface area contributed by atoms with Gasteiger partial charge in [-0.15, -0.1) is 6.58 Å². The number of benzene rings is 1. The fraction of sp³-hybridized carbons (Fsp3) is 0.100. The highest BCUT2D eigenvalue weighted by Gasteiger charge is 1.95. The minimum absolute atomic E-state index is 0.691. The van der Waals surface area contributed by atoms with Crippen LogP contribution in [0.5, 0.6) is 0 Å². The summed E-state index contributed by atoms with van der Waals surface area (Å²) in [6.07, 6.45) is 3.16. The average Bonchev–Trinajstić information content (AvgIpc) is 2.17. The van der Waals surface area contributed by atoms with E-state index in [1.54, 1.807) is 6.08 Å². The highest BCUT2D eigenvalue weighted by molar-refractivity contribution is 5.87. The van der Waals surface area contributed by atoms with Crippen LogP contribution in [-0.4, -0.2) is 18.0 Å². The normalized spacial score (nSPS) is 10.2. The molecule has 0 bridgehead atoms. The first kappa shape index (κ1) is 9.32. The first-order valence-corrected chi connectivity index (χ1v) is 3.99. The molecule has 0 atom stereocenters. The number of anilines is 1. The van der Waals surface area contributed by atoms with Crippen LogP contribution in [-0.2, 0) is 0 Å². The molecule has 3 heteroatoms. The zero-order chi connectivity index (χ0) is 9.52. The summed E-state index contributed by atoms with van der Waals surface area (Å²) in [5.74, 6) is 0. The largest absolute Gasteiger partial charge is 0.411 e.